The molecular weight excluding hydrogens is 248 g/mol. The maximum Gasteiger partial charge on any atom is 0.0777 e. The summed E-state index contributed by atoms with van der Waals surface area (Å²) in [5, 5.41) is 0. The van der Waals surface area contributed by atoms with Gasteiger partial charge in [0.25, 0.3) is 0 Å². The molecule has 2 N–H and O–H groups in total. The summed E-state index contributed by atoms with van der Waals surface area (Å²) in [4.78, 5) is 2.49. The molecule has 3 heteroatoms. The van der Waals surface area contributed by atoms with Gasteiger partial charge in [0.15, 0.2) is 0 Å². The highest BCUT2D eigenvalue weighted by molar-refractivity contribution is 5.24. The smallest absolute Gasteiger partial charge is 0.0777 e. The minimum absolute atomic E-state index is 0.0195. The van der Waals surface area contributed by atoms with E-state index in [0.717, 1.165) is 25.9 Å². The third kappa shape index (κ3) is 4.05. The van der Waals surface area contributed by atoms with Gasteiger partial charge in [0.05, 0.1) is 5.60 Å². The predicted octanol–water partition coefficient (Wildman–Crippen LogP) is 2.89. The van der Waals surface area contributed by atoms with Crippen LogP contribution in [-0.2, 0) is 4.74 Å². The lowest BCUT2D eigenvalue weighted by Crippen LogP contribution is -2.47. The standard InChI is InChI=1S/C17H28N2O/c1-14-6-4-7-15(12-14)16(18)8-11-19-10-5-9-17(2,13-19)20-3/h4,6-7,12,16H,5,8-11,13,18H2,1-3H3. The number of methoxy groups -OCH3 is 1. The summed E-state index contributed by atoms with van der Waals surface area (Å²) in [6.07, 6.45) is 3.37. The lowest BCUT2D eigenvalue weighted by molar-refractivity contribution is -0.0510. The number of rotatable bonds is 5. The summed E-state index contributed by atoms with van der Waals surface area (Å²) in [6.45, 7) is 7.56. The third-order valence-electron chi connectivity index (χ3n) is 4.46. The van der Waals surface area contributed by atoms with Crippen LogP contribution >= 0.6 is 0 Å². The summed E-state index contributed by atoms with van der Waals surface area (Å²) in [6, 6.07) is 8.66. The van der Waals surface area contributed by atoms with E-state index in [0.29, 0.717) is 0 Å². The van der Waals surface area contributed by atoms with Gasteiger partial charge >= 0.3 is 0 Å². The van der Waals surface area contributed by atoms with E-state index < -0.39 is 0 Å². The van der Waals surface area contributed by atoms with Gasteiger partial charge in [0.2, 0.25) is 0 Å². The van der Waals surface area contributed by atoms with Gasteiger partial charge in [-0.25, -0.2) is 0 Å². The Morgan fingerprint density at radius 2 is 2.25 bits per heavy atom. The lowest BCUT2D eigenvalue weighted by Gasteiger charge is -2.39. The monoisotopic (exact) mass is 276 g/mol. The largest absolute Gasteiger partial charge is 0.377 e. The SMILES string of the molecule is COC1(C)CCCN(CCC(N)c2cccc(C)c2)C1. The quantitative estimate of drug-likeness (QED) is 0.898. The van der Waals surface area contributed by atoms with E-state index in [9.17, 15) is 0 Å². The van der Waals surface area contributed by atoms with Crippen molar-refractivity contribution in [1.82, 2.24) is 4.90 Å². The molecule has 112 valence electrons. The topological polar surface area (TPSA) is 38.5 Å². The van der Waals surface area contributed by atoms with Crippen LogP contribution in [0.5, 0.6) is 0 Å². The molecule has 1 heterocycles. The summed E-state index contributed by atoms with van der Waals surface area (Å²) in [5.41, 5.74) is 8.87. The molecule has 20 heavy (non-hydrogen) atoms. The molecule has 0 bridgehead atoms. The van der Waals surface area contributed by atoms with E-state index in [-0.39, 0.29) is 11.6 Å². The van der Waals surface area contributed by atoms with Crippen LogP contribution in [0.25, 0.3) is 0 Å². The van der Waals surface area contributed by atoms with Crippen LogP contribution < -0.4 is 5.73 Å². The molecule has 2 unspecified atom stereocenters. The van der Waals surface area contributed by atoms with Crippen LogP contribution in [0, 0.1) is 6.92 Å². The first-order valence-electron chi connectivity index (χ1n) is 7.62. The minimum atomic E-state index is 0.0195. The van der Waals surface area contributed by atoms with Crippen molar-refractivity contribution in [2.45, 2.75) is 44.8 Å². The zero-order valence-corrected chi connectivity index (χ0v) is 13.1. The highest BCUT2D eigenvalue weighted by atomic mass is 16.5. The molecule has 2 atom stereocenters. The molecule has 1 saturated heterocycles. The summed E-state index contributed by atoms with van der Waals surface area (Å²) in [7, 11) is 1.82. The third-order valence-corrected chi connectivity index (χ3v) is 4.46. The summed E-state index contributed by atoms with van der Waals surface area (Å²) in [5.74, 6) is 0. The highest BCUT2D eigenvalue weighted by Gasteiger charge is 2.30. The maximum absolute atomic E-state index is 6.32. The van der Waals surface area contributed by atoms with Crippen molar-refractivity contribution in [2.24, 2.45) is 5.73 Å². The number of nitrogens with zero attached hydrogens (tertiary/aromatic N) is 1. The molecule has 1 aliphatic heterocycles. The Morgan fingerprint density at radius 1 is 1.45 bits per heavy atom. The van der Waals surface area contributed by atoms with Gasteiger partial charge in [-0.2, -0.15) is 0 Å². The minimum Gasteiger partial charge on any atom is -0.377 e. The fourth-order valence-electron chi connectivity index (χ4n) is 3.05. The van der Waals surface area contributed by atoms with Crippen molar-refractivity contribution in [3.05, 3.63) is 35.4 Å². The summed E-state index contributed by atoms with van der Waals surface area (Å²) >= 11 is 0. The van der Waals surface area contributed by atoms with E-state index in [1.54, 1.807) is 0 Å². The number of aryl methyl sites for hydroxylation is 1. The van der Waals surface area contributed by atoms with E-state index >= 15 is 0 Å². The predicted molar refractivity (Wildman–Crippen MR) is 83.8 cm³/mol. The van der Waals surface area contributed by atoms with Gasteiger partial charge < -0.3 is 15.4 Å². The Morgan fingerprint density at radius 3 is 2.95 bits per heavy atom. The van der Waals surface area contributed by atoms with Crippen LogP contribution in [-0.4, -0.2) is 37.2 Å². The molecule has 0 radical (unpaired) electrons. The number of nitrogens with two attached hydrogens (primary N) is 1. The van der Waals surface area contributed by atoms with Gasteiger partial charge in [0, 0.05) is 26.2 Å². The molecule has 0 spiro atoms. The molecule has 0 aromatic heterocycles. The fourth-order valence-corrected chi connectivity index (χ4v) is 3.05. The van der Waals surface area contributed by atoms with Crippen LogP contribution in [0.1, 0.15) is 43.4 Å². The van der Waals surface area contributed by atoms with Crippen molar-refractivity contribution in [3.8, 4) is 0 Å². The molecule has 2 rings (SSSR count). The molecule has 3 nitrogen and oxygen atoms in total. The Bertz CT molecular complexity index is 435. The average Bonchev–Trinajstić information content (AvgIpc) is 2.45. The number of piperidine rings is 1. The normalized spacial score (nSPS) is 25.6. The maximum atomic E-state index is 6.32. The van der Waals surface area contributed by atoms with E-state index in [4.69, 9.17) is 10.5 Å². The fraction of sp³-hybridized carbons (Fsp3) is 0.647. The van der Waals surface area contributed by atoms with Crippen molar-refractivity contribution in [3.63, 3.8) is 0 Å². The molecule has 1 aromatic rings. The van der Waals surface area contributed by atoms with Crippen LogP contribution in [0.3, 0.4) is 0 Å². The van der Waals surface area contributed by atoms with E-state index in [1.165, 1.54) is 24.1 Å². The second-order valence-electron chi connectivity index (χ2n) is 6.34. The first-order valence-corrected chi connectivity index (χ1v) is 7.62. The Balaban J connectivity index is 1.85. The van der Waals surface area contributed by atoms with Crippen LogP contribution in [0.4, 0.5) is 0 Å². The van der Waals surface area contributed by atoms with Gasteiger partial charge in [-0.1, -0.05) is 29.8 Å². The van der Waals surface area contributed by atoms with Crippen molar-refractivity contribution < 1.29 is 4.74 Å². The number of hydrogen-bond acceptors (Lipinski definition) is 3. The molecule has 0 aliphatic carbocycles. The molecule has 1 fully saturated rings. The molecule has 1 aromatic carbocycles. The Labute approximate surface area is 123 Å². The number of likely N-dealkylation sites (tertiary alicyclic amines) is 1. The second kappa shape index (κ2) is 6.70. The van der Waals surface area contributed by atoms with Gasteiger partial charge in [0.1, 0.15) is 0 Å². The molecule has 0 saturated carbocycles. The van der Waals surface area contributed by atoms with Gasteiger partial charge in [-0.3, -0.25) is 0 Å². The molecule has 1 aliphatic rings. The number of hydrogen-bond donors (Lipinski definition) is 1. The van der Waals surface area contributed by atoms with Crippen molar-refractivity contribution in [2.75, 3.05) is 26.7 Å². The zero-order valence-electron chi connectivity index (χ0n) is 13.1. The van der Waals surface area contributed by atoms with Gasteiger partial charge in [-0.15, -0.1) is 0 Å². The first-order chi connectivity index (χ1) is 9.52. The number of ether oxygens (including phenoxy) is 1. The number of benzene rings is 1. The second-order valence-corrected chi connectivity index (χ2v) is 6.34. The summed E-state index contributed by atoms with van der Waals surface area (Å²) < 4.78 is 5.64. The van der Waals surface area contributed by atoms with Gasteiger partial charge in [-0.05, 0) is 45.2 Å². The zero-order chi connectivity index (χ0) is 14.6. The molecule has 0 amide bonds. The van der Waals surface area contributed by atoms with E-state index in [1.807, 2.05) is 7.11 Å². The highest BCUT2D eigenvalue weighted by Crippen LogP contribution is 2.25. The van der Waals surface area contributed by atoms with E-state index in [2.05, 4.69) is 43.0 Å². The Kier molecular flexibility index (Phi) is 5.19. The van der Waals surface area contributed by atoms with Crippen LogP contribution in [0.15, 0.2) is 24.3 Å². The van der Waals surface area contributed by atoms with Crippen molar-refractivity contribution >= 4 is 0 Å². The average molecular weight is 276 g/mol. The lowest BCUT2D eigenvalue weighted by atomic mass is 9.94. The molecular formula is C17H28N2O. The van der Waals surface area contributed by atoms with Crippen LogP contribution in [0.2, 0.25) is 0 Å². The van der Waals surface area contributed by atoms with Crippen molar-refractivity contribution in [1.29, 1.82) is 0 Å². The first kappa shape index (κ1) is 15.5. The Hall–Kier alpha value is -0.900.